The lowest BCUT2D eigenvalue weighted by Crippen LogP contribution is -2.39. The summed E-state index contributed by atoms with van der Waals surface area (Å²) in [4.78, 5) is 21.5. The van der Waals surface area contributed by atoms with Crippen LogP contribution in [0.25, 0.3) is 0 Å². The van der Waals surface area contributed by atoms with Crippen LogP contribution in [0.5, 0.6) is 0 Å². The van der Waals surface area contributed by atoms with E-state index >= 15 is 0 Å². The number of benzene rings is 1. The van der Waals surface area contributed by atoms with Crippen LogP contribution in [-0.2, 0) is 29.0 Å². The second kappa shape index (κ2) is 8.75. The summed E-state index contributed by atoms with van der Waals surface area (Å²) in [5, 5.41) is 0. The number of fused-ring (bicyclic) bond motifs is 2. The van der Waals surface area contributed by atoms with Gasteiger partial charge in [0, 0.05) is 32.2 Å². The van der Waals surface area contributed by atoms with Gasteiger partial charge in [-0.2, -0.15) is 0 Å². The third-order valence-electron chi connectivity index (χ3n) is 7.69. The zero-order chi connectivity index (χ0) is 23.3. The van der Waals surface area contributed by atoms with Crippen molar-refractivity contribution >= 4 is 17.4 Å². The minimum atomic E-state index is -1.02. The van der Waals surface area contributed by atoms with Crippen molar-refractivity contribution in [2.75, 3.05) is 31.2 Å². The molecule has 0 radical (unpaired) electrons. The van der Waals surface area contributed by atoms with Crippen LogP contribution in [0.15, 0.2) is 12.1 Å². The Morgan fingerprint density at radius 3 is 2.64 bits per heavy atom. The first-order valence-corrected chi connectivity index (χ1v) is 12.4. The summed E-state index contributed by atoms with van der Waals surface area (Å²) in [7, 11) is 0. The number of aromatic nitrogens is 2. The second-order valence-electron chi connectivity index (χ2n) is 9.86. The summed E-state index contributed by atoms with van der Waals surface area (Å²) in [6.45, 7) is 11.9. The van der Waals surface area contributed by atoms with Crippen LogP contribution in [0.2, 0.25) is 0 Å². The predicted molar refractivity (Wildman–Crippen MR) is 127 cm³/mol. The molecule has 2 unspecified atom stereocenters. The fourth-order valence-corrected chi connectivity index (χ4v) is 5.44. The molecule has 0 saturated carbocycles. The molecule has 33 heavy (non-hydrogen) atoms. The van der Waals surface area contributed by atoms with E-state index in [1.54, 1.807) is 13.8 Å². The van der Waals surface area contributed by atoms with Crippen LogP contribution < -0.4 is 4.90 Å². The molecule has 3 aliphatic rings. The van der Waals surface area contributed by atoms with Crippen molar-refractivity contribution in [1.29, 1.82) is 0 Å². The smallest absolute Gasteiger partial charge is 0.219 e. The Morgan fingerprint density at radius 2 is 2.00 bits per heavy atom. The van der Waals surface area contributed by atoms with Gasteiger partial charge in [0.15, 0.2) is 5.82 Å². The Labute approximate surface area is 195 Å². The van der Waals surface area contributed by atoms with Crippen LogP contribution in [0, 0.1) is 0 Å². The van der Waals surface area contributed by atoms with Crippen LogP contribution in [0.1, 0.15) is 86.8 Å². The molecule has 4 heterocycles. The number of nitrogens with zero attached hydrogens (tertiary/aromatic N) is 4. The zero-order valence-electron chi connectivity index (χ0n) is 20.2. The summed E-state index contributed by atoms with van der Waals surface area (Å²) >= 11 is 0. The van der Waals surface area contributed by atoms with Crippen LogP contribution in [0.4, 0.5) is 15.9 Å². The molecule has 0 N–H and O–H groups in total. The SMILES string of the molecule is CCC(C)c1cc2c(cc1C(C)F)N(c1nc(C3COC3)n3c1CN(C(C)=O)CC3)CCC2. The first-order valence-electron chi connectivity index (χ1n) is 12.4. The van der Waals surface area contributed by atoms with E-state index in [9.17, 15) is 9.18 Å². The fourth-order valence-electron chi connectivity index (χ4n) is 5.44. The Kier molecular flexibility index (Phi) is 5.93. The van der Waals surface area contributed by atoms with Crippen molar-refractivity contribution in [3.63, 3.8) is 0 Å². The molecule has 2 atom stereocenters. The van der Waals surface area contributed by atoms with Gasteiger partial charge in [-0.3, -0.25) is 4.79 Å². The highest BCUT2D eigenvalue weighted by atomic mass is 19.1. The van der Waals surface area contributed by atoms with Crippen LogP contribution >= 0.6 is 0 Å². The average molecular weight is 455 g/mol. The number of anilines is 2. The number of amides is 1. The number of carbonyl (C=O) groups excluding carboxylic acids is 1. The van der Waals surface area contributed by atoms with Gasteiger partial charge >= 0.3 is 0 Å². The van der Waals surface area contributed by atoms with Gasteiger partial charge in [-0.1, -0.05) is 19.9 Å². The molecule has 1 amide bonds. The monoisotopic (exact) mass is 454 g/mol. The topological polar surface area (TPSA) is 50.6 Å². The van der Waals surface area contributed by atoms with E-state index in [0.717, 1.165) is 66.5 Å². The van der Waals surface area contributed by atoms with E-state index in [1.165, 1.54) is 5.56 Å². The molecule has 1 aromatic heterocycles. The maximum absolute atomic E-state index is 14.8. The number of halogens is 1. The molecule has 2 aromatic rings. The molecule has 178 valence electrons. The average Bonchev–Trinajstić information content (AvgIpc) is 3.14. The largest absolute Gasteiger partial charge is 0.380 e. The second-order valence-corrected chi connectivity index (χ2v) is 9.86. The molecule has 1 aromatic carbocycles. The standard InChI is InChI=1S/C26H35FN4O2/c1-5-16(2)21-11-19-7-6-8-30(23(19)12-22(21)17(3)27)26-24-13-29(18(4)32)9-10-31(24)25(28-26)20-14-33-15-20/h11-12,16-17,20H,5-10,13-15H2,1-4H3. The molecule has 7 heteroatoms. The van der Waals surface area contributed by atoms with E-state index in [4.69, 9.17) is 9.72 Å². The Balaban J connectivity index is 1.62. The van der Waals surface area contributed by atoms with Gasteiger partial charge in [0.2, 0.25) is 5.91 Å². The molecule has 6 nitrogen and oxygen atoms in total. The van der Waals surface area contributed by atoms with Crippen molar-refractivity contribution in [2.45, 2.75) is 78.1 Å². The van der Waals surface area contributed by atoms with Crippen molar-refractivity contribution in [1.82, 2.24) is 14.5 Å². The number of hydrogen-bond donors (Lipinski definition) is 0. The minimum Gasteiger partial charge on any atom is -0.380 e. The Bertz CT molecular complexity index is 1060. The lowest BCUT2D eigenvalue weighted by atomic mass is 9.87. The van der Waals surface area contributed by atoms with Crippen LogP contribution in [0.3, 0.4) is 0 Å². The molecule has 0 spiro atoms. The molecular formula is C26H35FN4O2. The molecule has 1 saturated heterocycles. The van der Waals surface area contributed by atoms with Crippen molar-refractivity contribution < 1.29 is 13.9 Å². The maximum Gasteiger partial charge on any atom is 0.219 e. The summed E-state index contributed by atoms with van der Waals surface area (Å²) in [6, 6.07) is 4.32. The summed E-state index contributed by atoms with van der Waals surface area (Å²) in [5.74, 6) is 2.72. The number of aryl methyl sites for hydroxylation is 1. The first-order chi connectivity index (χ1) is 15.9. The van der Waals surface area contributed by atoms with E-state index < -0.39 is 6.17 Å². The zero-order valence-corrected chi connectivity index (χ0v) is 20.2. The highest BCUT2D eigenvalue weighted by Gasteiger charge is 2.35. The molecule has 0 bridgehead atoms. The number of rotatable bonds is 5. The van der Waals surface area contributed by atoms with Crippen molar-refractivity contribution in [2.24, 2.45) is 0 Å². The molecule has 3 aliphatic heterocycles. The van der Waals surface area contributed by atoms with Crippen molar-refractivity contribution in [3.05, 3.63) is 40.3 Å². The molecule has 0 aliphatic carbocycles. The number of imidazole rings is 1. The van der Waals surface area contributed by atoms with E-state index in [0.29, 0.717) is 38.1 Å². The predicted octanol–water partition coefficient (Wildman–Crippen LogP) is 4.99. The van der Waals surface area contributed by atoms with Crippen LogP contribution in [-0.4, -0.2) is 46.7 Å². The van der Waals surface area contributed by atoms with Gasteiger partial charge in [0.25, 0.3) is 0 Å². The quantitative estimate of drug-likeness (QED) is 0.639. The highest BCUT2D eigenvalue weighted by Crippen LogP contribution is 2.42. The lowest BCUT2D eigenvalue weighted by Gasteiger charge is -2.34. The van der Waals surface area contributed by atoms with E-state index in [2.05, 4.69) is 35.4 Å². The number of ether oxygens (including phenoxy) is 1. The molecule has 1 fully saturated rings. The highest BCUT2D eigenvalue weighted by molar-refractivity contribution is 5.74. The van der Waals surface area contributed by atoms with Gasteiger partial charge in [0.1, 0.15) is 12.0 Å². The minimum absolute atomic E-state index is 0.0905. The Morgan fingerprint density at radius 1 is 1.21 bits per heavy atom. The number of carbonyl (C=O) groups is 1. The Hall–Kier alpha value is -2.41. The van der Waals surface area contributed by atoms with Gasteiger partial charge in [0.05, 0.1) is 31.4 Å². The number of alkyl halides is 1. The third kappa shape index (κ3) is 3.84. The normalized spacial score (nSPS) is 20.2. The summed E-state index contributed by atoms with van der Waals surface area (Å²) in [5.41, 5.74) is 5.36. The lowest BCUT2D eigenvalue weighted by molar-refractivity contribution is -0.130. The van der Waals surface area contributed by atoms with Gasteiger partial charge in [-0.05, 0) is 54.9 Å². The van der Waals surface area contributed by atoms with E-state index in [1.807, 2.05) is 4.90 Å². The van der Waals surface area contributed by atoms with Gasteiger partial charge in [-0.25, -0.2) is 9.37 Å². The molecule has 5 rings (SSSR count). The number of hydrogen-bond acceptors (Lipinski definition) is 4. The fraction of sp³-hybridized carbons (Fsp3) is 0.615. The first kappa shape index (κ1) is 22.4. The molecular weight excluding hydrogens is 419 g/mol. The van der Waals surface area contributed by atoms with Gasteiger partial charge < -0.3 is 19.1 Å². The summed E-state index contributed by atoms with van der Waals surface area (Å²) in [6.07, 6.45) is 2.00. The van der Waals surface area contributed by atoms with E-state index in [-0.39, 0.29) is 5.91 Å². The van der Waals surface area contributed by atoms with Gasteiger partial charge in [-0.15, -0.1) is 0 Å². The van der Waals surface area contributed by atoms with Crippen molar-refractivity contribution in [3.8, 4) is 0 Å². The summed E-state index contributed by atoms with van der Waals surface area (Å²) < 4.78 is 22.5. The maximum atomic E-state index is 14.8. The third-order valence-corrected chi connectivity index (χ3v) is 7.69.